The molecule has 0 atom stereocenters. The normalized spacial score (nSPS) is 11.0. The van der Waals surface area contributed by atoms with E-state index in [1.807, 2.05) is 0 Å². The standard InChI is InChI=1S/C16H21FN2O2/c1-12-10-13(5-6-14(12)17)15-11-19-16(21-15)4-3-7-18-8-9-20-2/h5-6,10-11,18H,3-4,7-9H2,1-2H3. The molecule has 0 unspecified atom stereocenters. The van der Waals surface area contributed by atoms with Crippen molar-refractivity contribution in [2.75, 3.05) is 26.8 Å². The molecule has 0 radical (unpaired) electrons. The Morgan fingerprint density at radius 1 is 1.33 bits per heavy atom. The molecule has 0 saturated heterocycles. The van der Waals surface area contributed by atoms with Gasteiger partial charge < -0.3 is 14.5 Å². The molecule has 0 aliphatic carbocycles. The number of hydrogen-bond acceptors (Lipinski definition) is 4. The van der Waals surface area contributed by atoms with Crippen molar-refractivity contribution in [3.8, 4) is 11.3 Å². The van der Waals surface area contributed by atoms with Crippen LogP contribution in [0.25, 0.3) is 11.3 Å². The number of benzene rings is 1. The largest absolute Gasteiger partial charge is 0.441 e. The van der Waals surface area contributed by atoms with Crippen molar-refractivity contribution in [2.45, 2.75) is 19.8 Å². The van der Waals surface area contributed by atoms with E-state index in [0.717, 1.165) is 31.5 Å². The van der Waals surface area contributed by atoms with E-state index in [1.54, 1.807) is 32.4 Å². The molecule has 0 aliphatic rings. The van der Waals surface area contributed by atoms with Gasteiger partial charge >= 0.3 is 0 Å². The molecule has 21 heavy (non-hydrogen) atoms. The summed E-state index contributed by atoms with van der Waals surface area (Å²) in [5, 5.41) is 3.27. The number of halogens is 1. The monoisotopic (exact) mass is 292 g/mol. The highest BCUT2D eigenvalue weighted by molar-refractivity contribution is 5.57. The van der Waals surface area contributed by atoms with Crippen LogP contribution in [0.2, 0.25) is 0 Å². The van der Waals surface area contributed by atoms with Crippen LogP contribution < -0.4 is 5.32 Å². The maximum absolute atomic E-state index is 13.3. The Balaban J connectivity index is 1.85. The number of hydrogen-bond donors (Lipinski definition) is 1. The SMILES string of the molecule is COCCNCCCc1ncc(-c2ccc(F)c(C)c2)o1. The van der Waals surface area contributed by atoms with Crippen molar-refractivity contribution in [1.82, 2.24) is 10.3 Å². The van der Waals surface area contributed by atoms with Gasteiger partial charge in [0.25, 0.3) is 0 Å². The van der Waals surface area contributed by atoms with Gasteiger partial charge in [0.2, 0.25) is 0 Å². The van der Waals surface area contributed by atoms with E-state index >= 15 is 0 Å². The van der Waals surface area contributed by atoms with Crippen LogP contribution in [0.5, 0.6) is 0 Å². The smallest absolute Gasteiger partial charge is 0.194 e. The van der Waals surface area contributed by atoms with E-state index in [2.05, 4.69) is 10.3 Å². The number of aryl methyl sites for hydroxylation is 2. The first-order chi connectivity index (χ1) is 10.2. The molecular formula is C16H21FN2O2. The Morgan fingerprint density at radius 3 is 2.95 bits per heavy atom. The summed E-state index contributed by atoms with van der Waals surface area (Å²) in [6.45, 7) is 4.20. The van der Waals surface area contributed by atoms with Crippen molar-refractivity contribution in [3.05, 3.63) is 41.7 Å². The molecule has 0 saturated carbocycles. The Kier molecular flexibility index (Phi) is 5.90. The van der Waals surface area contributed by atoms with Gasteiger partial charge in [0.15, 0.2) is 11.7 Å². The Morgan fingerprint density at radius 2 is 2.19 bits per heavy atom. The van der Waals surface area contributed by atoms with Gasteiger partial charge in [0, 0.05) is 25.6 Å². The number of nitrogens with one attached hydrogen (secondary N) is 1. The van der Waals surface area contributed by atoms with Crippen LogP contribution in [0.15, 0.2) is 28.8 Å². The zero-order chi connectivity index (χ0) is 15.1. The summed E-state index contributed by atoms with van der Waals surface area (Å²) in [5.41, 5.74) is 1.46. The lowest BCUT2D eigenvalue weighted by Crippen LogP contribution is -2.20. The zero-order valence-corrected chi connectivity index (χ0v) is 12.5. The van der Waals surface area contributed by atoms with Crippen molar-refractivity contribution in [3.63, 3.8) is 0 Å². The van der Waals surface area contributed by atoms with Crippen LogP contribution in [0.3, 0.4) is 0 Å². The quantitative estimate of drug-likeness (QED) is 0.760. The topological polar surface area (TPSA) is 47.3 Å². The number of ether oxygens (including phenoxy) is 1. The van der Waals surface area contributed by atoms with E-state index in [9.17, 15) is 4.39 Å². The van der Waals surface area contributed by atoms with E-state index < -0.39 is 0 Å². The average molecular weight is 292 g/mol. The van der Waals surface area contributed by atoms with Gasteiger partial charge in [0.1, 0.15) is 5.82 Å². The molecule has 1 N–H and O–H groups in total. The molecule has 0 bridgehead atoms. The third-order valence-electron chi connectivity index (χ3n) is 3.22. The summed E-state index contributed by atoms with van der Waals surface area (Å²) < 4.78 is 23.9. The van der Waals surface area contributed by atoms with Crippen LogP contribution in [-0.2, 0) is 11.2 Å². The molecule has 5 heteroatoms. The van der Waals surface area contributed by atoms with Crippen LogP contribution in [0.4, 0.5) is 4.39 Å². The summed E-state index contributed by atoms with van der Waals surface area (Å²) in [5.74, 6) is 1.18. The van der Waals surface area contributed by atoms with Crippen LogP contribution in [0.1, 0.15) is 17.9 Å². The second-order valence-corrected chi connectivity index (χ2v) is 4.93. The van der Waals surface area contributed by atoms with Gasteiger partial charge in [-0.25, -0.2) is 9.37 Å². The molecule has 2 aromatic rings. The number of methoxy groups -OCH3 is 1. The second-order valence-electron chi connectivity index (χ2n) is 4.93. The van der Waals surface area contributed by atoms with E-state index in [1.165, 1.54) is 6.07 Å². The number of aromatic nitrogens is 1. The fraction of sp³-hybridized carbons (Fsp3) is 0.438. The Hall–Kier alpha value is -1.72. The molecule has 1 aromatic carbocycles. The zero-order valence-electron chi connectivity index (χ0n) is 12.5. The molecule has 0 aliphatic heterocycles. The molecule has 114 valence electrons. The predicted octanol–water partition coefficient (Wildman–Crippen LogP) is 2.96. The van der Waals surface area contributed by atoms with Gasteiger partial charge in [-0.1, -0.05) is 0 Å². The summed E-state index contributed by atoms with van der Waals surface area (Å²) in [6, 6.07) is 4.93. The average Bonchev–Trinajstić information content (AvgIpc) is 2.94. The van der Waals surface area contributed by atoms with Crippen LogP contribution in [0, 0.1) is 12.7 Å². The summed E-state index contributed by atoms with van der Waals surface area (Å²) in [7, 11) is 1.69. The molecule has 0 spiro atoms. The Labute approximate surface area is 124 Å². The van der Waals surface area contributed by atoms with E-state index in [0.29, 0.717) is 23.8 Å². The van der Waals surface area contributed by atoms with E-state index in [-0.39, 0.29) is 5.82 Å². The molecule has 4 nitrogen and oxygen atoms in total. The van der Waals surface area contributed by atoms with Crippen molar-refractivity contribution >= 4 is 0 Å². The van der Waals surface area contributed by atoms with Gasteiger partial charge in [-0.3, -0.25) is 0 Å². The second kappa shape index (κ2) is 7.90. The summed E-state index contributed by atoms with van der Waals surface area (Å²) >= 11 is 0. The number of oxazole rings is 1. The maximum atomic E-state index is 13.3. The lowest BCUT2D eigenvalue weighted by molar-refractivity contribution is 0.199. The minimum Gasteiger partial charge on any atom is -0.441 e. The molecule has 1 aromatic heterocycles. The van der Waals surface area contributed by atoms with Gasteiger partial charge in [-0.2, -0.15) is 0 Å². The third-order valence-corrected chi connectivity index (χ3v) is 3.22. The first-order valence-corrected chi connectivity index (χ1v) is 7.11. The van der Waals surface area contributed by atoms with Gasteiger partial charge in [-0.15, -0.1) is 0 Å². The molecule has 2 rings (SSSR count). The number of nitrogens with zero attached hydrogens (tertiary/aromatic N) is 1. The Bertz CT molecular complexity index is 569. The molecular weight excluding hydrogens is 271 g/mol. The summed E-state index contributed by atoms with van der Waals surface area (Å²) in [4.78, 5) is 4.27. The molecule has 0 fully saturated rings. The maximum Gasteiger partial charge on any atom is 0.194 e. The highest BCUT2D eigenvalue weighted by Crippen LogP contribution is 2.23. The number of rotatable bonds is 8. The van der Waals surface area contributed by atoms with Crippen LogP contribution >= 0.6 is 0 Å². The van der Waals surface area contributed by atoms with Gasteiger partial charge in [0.05, 0.1) is 12.8 Å². The first-order valence-electron chi connectivity index (χ1n) is 7.11. The van der Waals surface area contributed by atoms with Crippen molar-refractivity contribution < 1.29 is 13.5 Å². The minimum absolute atomic E-state index is 0.208. The fourth-order valence-corrected chi connectivity index (χ4v) is 2.02. The summed E-state index contributed by atoms with van der Waals surface area (Å²) in [6.07, 6.45) is 3.42. The lowest BCUT2D eigenvalue weighted by Gasteiger charge is -2.02. The molecule has 1 heterocycles. The lowest BCUT2D eigenvalue weighted by atomic mass is 10.1. The van der Waals surface area contributed by atoms with Crippen molar-refractivity contribution in [2.24, 2.45) is 0 Å². The predicted molar refractivity (Wildman–Crippen MR) is 79.7 cm³/mol. The fourth-order valence-electron chi connectivity index (χ4n) is 2.02. The molecule has 0 amide bonds. The third kappa shape index (κ3) is 4.65. The van der Waals surface area contributed by atoms with Crippen molar-refractivity contribution in [1.29, 1.82) is 0 Å². The van der Waals surface area contributed by atoms with Crippen LogP contribution in [-0.4, -0.2) is 31.8 Å². The first kappa shape index (κ1) is 15.7. The minimum atomic E-state index is -0.208. The highest BCUT2D eigenvalue weighted by Gasteiger charge is 2.08. The van der Waals surface area contributed by atoms with E-state index in [4.69, 9.17) is 9.15 Å². The highest BCUT2D eigenvalue weighted by atomic mass is 19.1. The van der Waals surface area contributed by atoms with Gasteiger partial charge in [-0.05, 0) is 43.7 Å².